The number of aromatic nitrogens is 1. The zero-order chi connectivity index (χ0) is 26.3. The van der Waals surface area contributed by atoms with Crippen LogP contribution < -0.4 is 13.2 Å². The molecule has 2 heterocycles. The second kappa shape index (κ2) is 9.33. The quantitative estimate of drug-likeness (QED) is 0.324. The number of nitrogens with zero attached hydrogens (tertiary/aromatic N) is 2. The lowest BCUT2D eigenvalue weighted by Gasteiger charge is -2.28. The van der Waals surface area contributed by atoms with Gasteiger partial charge in [0.15, 0.2) is 11.6 Å². The number of alkyl halides is 1. The zero-order valence-electron chi connectivity index (χ0n) is 18.1. The number of benzene rings is 2. The molecule has 0 saturated heterocycles. The first-order valence-corrected chi connectivity index (χ1v) is 13.0. The molecule has 1 aliphatic rings. The normalized spacial score (nSPS) is 13.8. The van der Waals surface area contributed by atoms with Gasteiger partial charge in [-0.2, -0.15) is 8.42 Å². The van der Waals surface area contributed by atoms with E-state index >= 15 is 0 Å². The Hall–Kier alpha value is -3.82. The predicted octanol–water partition coefficient (Wildman–Crippen LogP) is 1.91. The van der Waals surface area contributed by atoms with E-state index in [-0.39, 0.29) is 29.2 Å². The number of sulfonamides is 1. The summed E-state index contributed by atoms with van der Waals surface area (Å²) in [6.45, 7) is -2.11. The van der Waals surface area contributed by atoms with Gasteiger partial charge in [0.05, 0.1) is 17.1 Å². The summed E-state index contributed by atoms with van der Waals surface area (Å²) in [7, 11) is -9.75. The van der Waals surface area contributed by atoms with Gasteiger partial charge < -0.3 is 14.4 Å². The Labute approximate surface area is 203 Å². The van der Waals surface area contributed by atoms with Crippen LogP contribution in [0.4, 0.5) is 14.5 Å². The third kappa shape index (κ3) is 4.67. The van der Waals surface area contributed by atoms with Crippen LogP contribution in [0.5, 0.6) is 5.75 Å². The van der Waals surface area contributed by atoms with Crippen LogP contribution in [-0.2, 0) is 31.6 Å². The lowest BCUT2D eigenvalue weighted by atomic mass is 10.1. The van der Waals surface area contributed by atoms with Crippen molar-refractivity contribution in [3.05, 3.63) is 66.1 Å². The second-order valence-corrected chi connectivity index (χ2v) is 11.0. The van der Waals surface area contributed by atoms with Crippen LogP contribution in [-0.4, -0.2) is 51.7 Å². The number of para-hydroxylation sites is 1. The summed E-state index contributed by atoms with van der Waals surface area (Å²) in [5, 5.41) is 9.32. The van der Waals surface area contributed by atoms with Crippen molar-refractivity contribution in [2.24, 2.45) is 0 Å². The Kier molecular flexibility index (Phi) is 6.55. The van der Waals surface area contributed by atoms with Crippen molar-refractivity contribution in [1.29, 1.82) is 0 Å². The molecule has 11 nitrogen and oxygen atoms in total. The maximum atomic E-state index is 14.1. The largest absolute Gasteiger partial charge is 0.477 e. The number of ether oxygens (including phenoxy) is 1. The lowest BCUT2D eigenvalue weighted by molar-refractivity contribution is -0.133. The molecule has 1 aliphatic heterocycles. The summed E-state index contributed by atoms with van der Waals surface area (Å²) in [5.41, 5.74) is -0.242. The number of rotatable bonds is 8. The molecular weight excluding hydrogens is 524 g/mol. The smallest absolute Gasteiger partial charge is 0.352 e. The van der Waals surface area contributed by atoms with Crippen molar-refractivity contribution in [1.82, 2.24) is 8.69 Å². The Morgan fingerprint density at radius 1 is 1.08 bits per heavy atom. The van der Waals surface area contributed by atoms with Crippen molar-refractivity contribution in [3.63, 3.8) is 0 Å². The average Bonchev–Trinajstić information content (AvgIpc) is 3.23. The van der Waals surface area contributed by atoms with Crippen molar-refractivity contribution in [2.45, 2.75) is 11.4 Å². The summed E-state index contributed by atoms with van der Waals surface area (Å²) in [6.07, 6.45) is 0. The van der Waals surface area contributed by atoms with Gasteiger partial charge in [0, 0.05) is 5.69 Å². The van der Waals surface area contributed by atoms with E-state index in [0.717, 1.165) is 34.9 Å². The maximum Gasteiger partial charge on any atom is 0.352 e. The third-order valence-electron chi connectivity index (χ3n) is 5.16. The minimum Gasteiger partial charge on any atom is -0.477 e. The summed E-state index contributed by atoms with van der Waals surface area (Å²) in [6, 6.07) is 10.7. The van der Waals surface area contributed by atoms with Gasteiger partial charge in [-0.25, -0.2) is 31.1 Å². The summed E-state index contributed by atoms with van der Waals surface area (Å²) < 4.78 is 86.8. The van der Waals surface area contributed by atoms with Crippen LogP contribution in [0.2, 0.25) is 0 Å². The molecule has 3 aromatic rings. The molecule has 1 aromatic heterocycles. The van der Waals surface area contributed by atoms with Crippen LogP contribution in [0.1, 0.15) is 10.5 Å². The standard InChI is InChI=1S/C21H17F2N3O8S2/c22-9-10-25-16(7-8-18(25)21(28)29)13-3-1-4-14(11-13)35(30,31)24-36(32,33)26-12-19(27)34-20-15(23)5-2-6-17(20)26/h1-8,11,24H,9-10,12H2,(H,28,29). The number of anilines is 1. The fraction of sp³-hybridized carbons (Fsp3) is 0.143. The van der Waals surface area contributed by atoms with Gasteiger partial charge in [0.1, 0.15) is 18.9 Å². The van der Waals surface area contributed by atoms with Crippen molar-refractivity contribution in [2.75, 3.05) is 17.5 Å². The van der Waals surface area contributed by atoms with Gasteiger partial charge in [-0.1, -0.05) is 22.3 Å². The molecule has 2 N–H and O–H groups in total. The molecule has 15 heteroatoms. The number of carboxylic acid groups (broad SMARTS) is 1. The Morgan fingerprint density at radius 3 is 2.50 bits per heavy atom. The van der Waals surface area contributed by atoms with Crippen LogP contribution >= 0.6 is 0 Å². The molecule has 0 amide bonds. The van der Waals surface area contributed by atoms with E-state index in [4.69, 9.17) is 4.74 Å². The zero-order valence-corrected chi connectivity index (χ0v) is 19.7. The molecule has 36 heavy (non-hydrogen) atoms. The third-order valence-corrected chi connectivity index (χ3v) is 8.66. The predicted molar refractivity (Wildman–Crippen MR) is 121 cm³/mol. The number of aromatic carboxylic acids is 1. The van der Waals surface area contributed by atoms with E-state index in [1.807, 2.05) is 0 Å². The number of hydrogen-bond donors (Lipinski definition) is 2. The molecule has 0 bridgehead atoms. The number of carbonyl (C=O) groups is 2. The number of halogens is 2. The van der Waals surface area contributed by atoms with Crippen molar-refractivity contribution < 1.29 is 45.0 Å². The van der Waals surface area contributed by atoms with Gasteiger partial charge in [-0.3, -0.25) is 0 Å². The van der Waals surface area contributed by atoms with E-state index < -0.39 is 61.9 Å². The Balaban J connectivity index is 1.70. The molecule has 0 fully saturated rings. The van der Waals surface area contributed by atoms with Crippen molar-refractivity contribution in [3.8, 4) is 17.0 Å². The summed E-state index contributed by atoms with van der Waals surface area (Å²) in [4.78, 5) is 22.8. The van der Waals surface area contributed by atoms with Crippen LogP contribution in [0.3, 0.4) is 0 Å². The lowest BCUT2D eigenvalue weighted by Crippen LogP contribution is -2.48. The summed E-state index contributed by atoms with van der Waals surface area (Å²) in [5.74, 6) is -4.13. The van der Waals surface area contributed by atoms with E-state index in [9.17, 15) is 40.3 Å². The molecule has 0 unspecified atom stereocenters. The number of esters is 1. The first-order valence-electron chi connectivity index (χ1n) is 10.1. The van der Waals surface area contributed by atoms with Gasteiger partial charge in [0.2, 0.25) is 0 Å². The van der Waals surface area contributed by atoms with Crippen LogP contribution in [0, 0.1) is 5.82 Å². The topological polar surface area (TPSA) is 152 Å². The molecular formula is C21H17F2N3O8S2. The fourth-order valence-electron chi connectivity index (χ4n) is 3.64. The van der Waals surface area contributed by atoms with Gasteiger partial charge >= 0.3 is 22.1 Å². The molecule has 2 aromatic carbocycles. The average molecular weight is 542 g/mol. The number of hydrogen-bond acceptors (Lipinski definition) is 7. The maximum absolute atomic E-state index is 14.1. The van der Waals surface area contributed by atoms with Crippen LogP contribution in [0.15, 0.2) is 59.5 Å². The molecule has 0 aliphatic carbocycles. The van der Waals surface area contributed by atoms with E-state index in [0.29, 0.717) is 4.31 Å². The molecule has 0 atom stereocenters. The molecule has 0 spiro atoms. The highest BCUT2D eigenvalue weighted by Gasteiger charge is 2.37. The second-order valence-electron chi connectivity index (χ2n) is 7.44. The van der Waals surface area contributed by atoms with Crippen LogP contribution in [0.25, 0.3) is 11.3 Å². The number of nitrogens with one attached hydrogen (secondary N) is 1. The SMILES string of the molecule is O=C1CN(S(=O)(=O)NS(=O)(=O)c2cccc(-c3ccc(C(=O)O)n3CCF)c2)c2cccc(F)c2O1. The highest BCUT2D eigenvalue weighted by atomic mass is 32.3. The van der Waals surface area contributed by atoms with E-state index in [2.05, 4.69) is 0 Å². The number of fused-ring (bicyclic) bond motifs is 1. The highest BCUT2D eigenvalue weighted by molar-refractivity contribution is 8.05. The molecule has 4 rings (SSSR count). The first-order chi connectivity index (χ1) is 16.9. The fourth-order valence-corrected chi connectivity index (χ4v) is 6.72. The van der Waals surface area contributed by atoms with E-state index in [1.54, 1.807) is 0 Å². The highest BCUT2D eigenvalue weighted by Crippen LogP contribution is 2.36. The Morgan fingerprint density at radius 2 is 1.81 bits per heavy atom. The van der Waals surface area contributed by atoms with Gasteiger partial charge in [-0.05, 0) is 42.0 Å². The Bertz CT molecular complexity index is 1590. The minimum atomic E-state index is -4.96. The number of carbonyl (C=O) groups excluding carboxylic acids is 1. The molecule has 0 radical (unpaired) electrons. The van der Waals surface area contributed by atoms with Crippen molar-refractivity contribution >= 4 is 37.9 Å². The monoisotopic (exact) mass is 541 g/mol. The molecule has 190 valence electrons. The minimum absolute atomic E-state index is 0.171. The van der Waals surface area contributed by atoms with Gasteiger partial charge in [-0.15, -0.1) is 0 Å². The summed E-state index contributed by atoms with van der Waals surface area (Å²) >= 11 is 0. The molecule has 0 saturated carbocycles. The first kappa shape index (κ1) is 25.3. The van der Waals surface area contributed by atoms with Gasteiger partial charge in [0.25, 0.3) is 10.0 Å². The number of carboxylic acids is 1. The van der Waals surface area contributed by atoms with E-state index in [1.165, 1.54) is 28.4 Å².